The lowest BCUT2D eigenvalue weighted by Gasteiger charge is -1.83. The van der Waals surface area contributed by atoms with Crippen molar-refractivity contribution in [2.75, 3.05) is 0 Å². The molecule has 4 N–H and O–H groups in total. The Balaban J connectivity index is 2.98. The number of nitrogens with zero attached hydrogens (tertiary/aromatic N) is 1. The molecule has 9 heavy (non-hydrogen) atoms. The minimum absolute atomic E-state index is 0.000602. The lowest BCUT2D eigenvalue weighted by molar-refractivity contribution is 1.04. The predicted molar refractivity (Wildman–Crippen MR) is 34.3 cm³/mol. The monoisotopic (exact) mass is 124 g/mol. The van der Waals surface area contributed by atoms with Crippen molar-refractivity contribution in [3.05, 3.63) is 17.5 Å². The number of rotatable bonds is 1. The molecule has 0 unspecified atom stereocenters. The van der Waals surface area contributed by atoms with E-state index in [9.17, 15) is 0 Å². The molecule has 0 aliphatic carbocycles. The Morgan fingerprint density at radius 2 is 2.56 bits per heavy atom. The number of amidine groups is 1. The van der Waals surface area contributed by atoms with E-state index in [0.29, 0.717) is 5.69 Å². The molecule has 0 aliphatic rings. The highest BCUT2D eigenvalue weighted by Crippen LogP contribution is 1.94. The number of aromatic amines is 1. The number of nitrogens with one attached hydrogen (secondary N) is 2. The highest BCUT2D eigenvalue weighted by Gasteiger charge is 1.97. The summed E-state index contributed by atoms with van der Waals surface area (Å²) in [5.41, 5.74) is 6.55. The van der Waals surface area contributed by atoms with Gasteiger partial charge in [0.15, 0.2) is 0 Å². The van der Waals surface area contributed by atoms with Gasteiger partial charge < -0.3 is 5.73 Å². The van der Waals surface area contributed by atoms with Gasteiger partial charge in [-0.2, -0.15) is 5.10 Å². The van der Waals surface area contributed by atoms with E-state index in [2.05, 4.69) is 10.2 Å². The standard InChI is InChI=1S/C5H8N4/c1-3-2-4(5(6)7)9-8-3/h2H,1H3,(H3,6,7)(H,8,9). The fraction of sp³-hybridized carbons (Fsp3) is 0.200. The number of H-pyrrole nitrogens is 1. The summed E-state index contributed by atoms with van der Waals surface area (Å²) in [4.78, 5) is 0. The smallest absolute Gasteiger partial charge is 0.143 e. The minimum atomic E-state index is -0.000602. The predicted octanol–water partition coefficient (Wildman–Crippen LogP) is 0.00219. The van der Waals surface area contributed by atoms with Crippen LogP contribution >= 0.6 is 0 Å². The van der Waals surface area contributed by atoms with Gasteiger partial charge in [0.25, 0.3) is 0 Å². The van der Waals surface area contributed by atoms with Gasteiger partial charge in [-0.3, -0.25) is 10.5 Å². The van der Waals surface area contributed by atoms with Crippen LogP contribution in [-0.4, -0.2) is 16.0 Å². The normalized spacial score (nSPS) is 9.44. The number of nitrogens with two attached hydrogens (primary N) is 1. The molecule has 0 bridgehead atoms. The molecule has 0 spiro atoms. The maximum atomic E-state index is 6.94. The van der Waals surface area contributed by atoms with Crippen LogP contribution in [0, 0.1) is 12.3 Å². The van der Waals surface area contributed by atoms with Crippen molar-refractivity contribution >= 4 is 5.84 Å². The quantitative estimate of drug-likeness (QED) is 0.364. The first-order valence-corrected chi connectivity index (χ1v) is 2.56. The molecular weight excluding hydrogens is 116 g/mol. The van der Waals surface area contributed by atoms with Gasteiger partial charge in [0, 0.05) is 5.69 Å². The zero-order valence-corrected chi connectivity index (χ0v) is 5.10. The number of aryl methyl sites for hydroxylation is 1. The minimum Gasteiger partial charge on any atom is -0.382 e. The zero-order valence-electron chi connectivity index (χ0n) is 5.10. The molecule has 1 heterocycles. The van der Waals surface area contributed by atoms with Gasteiger partial charge in [0.05, 0.1) is 0 Å². The highest BCUT2D eigenvalue weighted by molar-refractivity contribution is 5.92. The van der Waals surface area contributed by atoms with E-state index in [1.807, 2.05) is 6.92 Å². The van der Waals surface area contributed by atoms with Gasteiger partial charge >= 0.3 is 0 Å². The molecule has 0 saturated carbocycles. The van der Waals surface area contributed by atoms with Crippen LogP contribution in [0.4, 0.5) is 0 Å². The van der Waals surface area contributed by atoms with Crippen LogP contribution in [0.15, 0.2) is 6.07 Å². The molecule has 4 nitrogen and oxygen atoms in total. The molecule has 0 atom stereocenters. The summed E-state index contributed by atoms with van der Waals surface area (Å²) in [6.45, 7) is 1.86. The maximum Gasteiger partial charge on any atom is 0.143 e. The Bertz CT molecular complexity index is 225. The third-order valence-electron chi connectivity index (χ3n) is 0.982. The summed E-state index contributed by atoms with van der Waals surface area (Å²) < 4.78 is 0. The van der Waals surface area contributed by atoms with Crippen LogP contribution < -0.4 is 5.73 Å². The van der Waals surface area contributed by atoms with Gasteiger partial charge in [-0.15, -0.1) is 0 Å². The summed E-state index contributed by atoms with van der Waals surface area (Å²) in [5.74, 6) is -0.000602. The van der Waals surface area contributed by atoms with Crippen molar-refractivity contribution in [2.45, 2.75) is 6.92 Å². The van der Waals surface area contributed by atoms with Crippen molar-refractivity contribution in [1.82, 2.24) is 10.2 Å². The second-order valence-corrected chi connectivity index (χ2v) is 1.85. The van der Waals surface area contributed by atoms with E-state index in [-0.39, 0.29) is 5.84 Å². The van der Waals surface area contributed by atoms with Crippen molar-refractivity contribution in [3.8, 4) is 0 Å². The number of aromatic nitrogens is 2. The Hall–Kier alpha value is -1.32. The van der Waals surface area contributed by atoms with Gasteiger partial charge in [-0.05, 0) is 13.0 Å². The Kier molecular flexibility index (Phi) is 1.22. The van der Waals surface area contributed by atoms with E-state index >= 15 is 0 Å². The first-order valence-electron chi connectivity index (χ1n) is 2.56. The summed E-state index contributed by atoms with van der Waals surface area (Å²) in [5, 5.41) is 13.4. The van der Waals surface area contributed by atoms with Gasteiger partial charge in [0.2, 0.25) is 0 Å². The lowest BCUT2D eigenvalue weighted by Crippen LogP contribution is -2.11. The van der Waals surface area contributed by atoms with Crippen molar-refractivity contribution in [2.24, 2.45) is 5.73 Å². The SMILES string of the molecule is Cc1cc(C(=N)N)n[nH]1. The molecular formula is C5H8N4. The largest absolute Gasteiger partial charge is 0.382 e. The van der Waals surface area contributed by atoms with E-state index < -0.39 is 0 Å². The summed E-state index contributed by atoms with van der Waals surface area (Å²) in [7, 11) is 0. The molecule has 4 heteroatoms. The summed E-state index contributed by atoms with van der Waals surface area (Å²) >= 11 is 0. The van der Waals surface area contributed by atoms with E-state index in [1.165, 1.54) is 0 Å². The van der Waals surface area contributed by atoms with Crippen molar-refractivity contribution in [1.29, 1.82) is 5.41 Å². The average molecular weight is 124 g/mol. The molecule has 0 fully saturated rings. The molecule has 1 rings (SSSR count). The zero-order chi connectivity index (χ0) is 6.85. The van der Waals surface area contributed by atoms with Gasteiger partial charge in [-0.1, -0.05) is 0 Å². The van der Waals surface area contributed by atoms with Crippen LogP contribution in [0.2, 0.25) is 0 Å². The number of hydrogen-bond donors (Lipinski definition) is 3. The number of hydrogen-bond acceptors (Lipinski definition) is 2. The Morgan fingerprint density at radius 1 is 1.89 bits per heavy atom. The molecule has 0 radical (unpaired) electrons. The van der Waals surface area contributed by atoms with E-state index in [4.69, 9.17) is 11.1 Å². The Morgan fingerprint density at radius 3 is 2.78 bits per heavy atom. The van der Waals surface area contributed by atoms with Crippen LogP contribution in [-0.2, 0) is 0 Å². The van der Waals surface area contributed by atoms with E-state index in [1.54, 1.807) is 6.07 Å². The summed E-state index contributed by atoms with van der Waals surface area (Å²) in [6, 6.07) is 1.72. The molecule has 0 saturated heterocycles. The third kappa shape index (κ3) is 1.07. The van der Waals surface area contributed by atoms with Crippen LogP contribution in [0.3, 0.4) is 0 Å². The fourth-order valence-electron chi connectivity index (χ4n) is 0.556. The van der Waals surface area contributed by atoms with Crippen molar-refractivity contribution < 1.29 is 0 Å². The lowest BCUT2D eigenvalue weighted by atomic mass is 10.3. The topological polar surface area (TPSA) is 78.6 Å². The maximum absolute atomic E-state index is 6.94. The average Bonchev–Trinajstić information content (AvgIpc) is 2.14. The van der Waals surface area contributed by atoms with Crippen LogP contribution in [0.25, 0.3) is 0 Å². The molecule has 1 aromatic heterocycles. The van der Waals surface area contributed by atoms with Crippen LogP contribution in [0.1, 0.15) is 11.4 Å². The second-order valence-electron chi connectivity index (χ2n) is 1.85. The van der Waals surface area contributed by atoms with Gasteiger partial charge in [-0.25, -0.2) is 0 Å². The second kappa shape index (κ2) is 1.89. The molecule has 48 valence electrons. The number of nitrogen functional groups attached to an aromatic ring is 1. The van der Waals surface area contributed by atoms with E-state index in [0.717, 1.165) is 5.69 Å². The molecule has 1 aromatic rings. The van der Waals surface area contributed by atoms with Gasteiger partial charge in [0.1, 0.15) is 11.5 Å². The molecule has 0 amide bonds. The summed E-state index contributed by atoms with van der Waals surface area (Å²) in [6.07, 6.45) is 0. The first kappa shape index (κ1) is 5.81. The third-order valence-corrected chi connectivity index (χ3v) is 0.982. The highest BCUT2D eigenvalue weighted by atomic mass is 15.1. The molecule has 0 aromatic carbocycles. The molecule has 0 aliphatic heterocycles. The van der Waals surface area contributed by atoms with Crippen LogP contribution in [0.5, 0.6) is 0 Å². The fourth-order valence-corrected chi connectivity index (χ4v) is 0.556. The Labute approximate surface area is 52.6 Å². The van der Waals surface area contributed by atoms with Crippen molar-refractivity contribution in [3.63, 3.8) is 0 Å². The first-order chi connectivity index (χ1) is 4.20.